The van der Waals surface area contributed by atoms with E-state index in [-0.39, 0.29) is 6.04 Å². The monoisotopic (exact) mass is 255 g/mol. The molecule has 1 heterocycles. The van der Waals surface area contributed by atoms with Crippen LogP contribution in [0.3, 0.4) is 0 Å². The summed E-state index contributed by atoms with van der Waals surface area (Å²) < 4.78 is 2.42. The van der Waals surface area contributed by atoms with Gasteiger partial charge in [-0.05, 0) is 35.4 Å². The van der Waals surface area contributed by atoms with Crippen molar-refractivity contribution in [2.24, 2.45) is 5.73 Å². The van der Waals surface area contributed by atoms with E-state index in [4.69, 9.17) is 5.73 Å². The molecule has 0 saturated carbocycles. The summed E-state index contributed by atoms with van der Waals surface area (Å²) >= 11 is 5.20. The first-order chi connectivity index (χ1) is 6.18. The molecule has 1 unspecified atom stereocenters. The van der Waals surface area contributed by atoms with Crippen LogP contribution in [0.5, 0.6) is 0 Å². The summed E-state index contributed by atoms with van der Waals surface area (Å²) in [5.41, 5.74) is 7.10. The van der Waals surface area contributed by atoms with Crippen molar-refractivity contribution in [1.29, 1.82) is 0 Å². The van der Waals surface area contributed by atoms with Gasteiger partial charge in [-0.1, -0.05) is 22.0 Å². The standard InChI is InChI=1S/C10H10BrNS/c1-6(12)9-5-13-10-4-7(11)2-3-8(9)10/h2-6H,12H2,1H3. The Balaban J connectivity index is 2.69. The average molecular weight is 256 g/mol. The fraction of sp³-hybridized carbons (Fsp3) is 0.200. The third kappa shape index (κ3) is 1.64. The minimum atomic E-state index is 0.120. The maximum Gasteiger partial charge on any atom is 0.0357 e. The summed E-state index contributed by atoms with van der Waals surface area (Å²) in [6.45, 7) is 2.02. The molecule has 0 aliphatic carbocycles. The first-order valence-corrected chi connectivity index (χ1v) is 5.78. The summed E-state index contributed by atoms with van der Waals surface area (Å²) in [7, 11) is 0. The molecule has 0 radical (unpaired) electrons. The fourth-order valence-electron chi connectivity index (χ4n) is 1.38. The van der Waals surface area contributed by atoms with E-state index < -0.39 is 0 Å². The Labute approximate surface area is 89.7 Å². The molecule has 0 amide bonds. The molecular formula is C10H10BrNS. The zero-order valence-electron chi connectivity index (χ0n) is 7.25. The number of hydrogen-bond acceptors (Lipinski definition) is 2. The smallest absolute Gasteiger partial charge is 0.0357 e. The van der Waals surface area contributed by atoms with E-state index in [0.717, 1.165) is 4.47 Å². The van der Waals surface area contributed by atoms with Gasteiger partial charge in [0.2, 0.25) is 0 Å². The predicted molar refractivity (Wildman–Crippen MR) is 62.1 cm³/mol. The normalized spacial score (nSPS) is 13.5. The lowest BCUT2D eigenvalue weighted by Gasteiger charge is -2.02. The minimum absolute atomic E-state index is 0.120. The highest BCUT2D eigenvalue weighted by molar-refractivity contribution is 9.10. The SMILES string of the molecule is CC(N)c1csc2cc(Br)ccc12. The third-order valence-corrected chi connectivity index (χ3v) is 3.51. The van der Waals surface area contributed by atoms with Gasteiger partial charge in [0.25, 0.3) is 0 Å². The number of thiophene rings is 1. The fourth-order valence-corrected chi connectivity index (χ4v) is 2.99. The number of halogens is 1. The van der Waals surface area contributed by atoms with Gasteiger partial charge in [0.15, 0.2) is 0 Å². The first-order valence-electron chi connectivity index (χ1n) is 4.10. The zero-order valence-corrected chi connectivity index (χ0v) is 9.65. The number of rotatable bonds is 1. The molecule has 1 atom stereocenters. The van der Waals surface area contributed by atoms with Crippen molar-refractivity contribution >= 4 is 37.4 Å². The van der Waals surface area contributed by atoms with Crippen LogP contribution >= 0.6 is 27.3 Å². The van der Waals surface area contributed by atoms with Crippen LogP contribution in [0.2, 0.25) is 0 Å². The minimum Gasteiger partial charge on any atom is -0.324 e. The van der Waals surface area contributed by atoms with E-state index in [1.54, 1.807) is 11.3 Å². The second-order valence-corrected chi connectivity index (χ2v) is 4.95. The first kappa shape index (κ1) is 9.19. The summed E-state index contributed by atoms with van der Waals surface area (Å²) in [6, 6.07) is 6.43. The molecule has 0 spiro atoms. The second kappa shape index (κ2) is 3.40. The molecule has 2 aromatic rings. The molecule has 1 aromatic carbocycles. The van der Waals surface area contributed by atoms with Crippen LogP contribution in [-0.2, 0) is 0 Å². The molecule has 3 heteroatoms. The zero-order chi connectivity index (χ0) is 9.42. The van der Waals surface area contributed by atoms with Crippen molar-refractivity contribution in [3.63, 3.8) is 0 Å². The lowest BCUT2D eigenvalue weighted by Crippen LogP contribution is -2.03. The molecule has 2 N–H and O–H groups in total. The number of nitrogens with two attached hydrogens (primary N) is 1. The maximum absolute atomic E-state index is 5.86. The second-order valence-electron chi connectivity index (χ2n) is 3.12. The Morgan fingerprint density at radius 3 is 2.92 bits per heavy atom. The number of fused-ring (bicyclic) bond motifs is 1. The highest BCUT2D eigenvalue weighted by Gasteiger charge is 2.07. The molecule has 2 rings (SSSR count). The van der Waals surface area contributed by atoms with Gasteiger partial charge in [-0.3, -0.25) is 0 Å². The van der Waals surface area contributed by atoms with E-state index in [0.29, 0.717) is 0 Å². The maximum atomic E-state index is 5.86. The Hall–Kier alpha value is -0.380. The molecule has 0 bridgehead atoms. The summed E-state index contributed by atoms with van der Waals surface area (Å²) in [5.74, 6) is 0. The van der Waals surface area contributed by atoms with E-state index in [2.05, 4.69) is 39.5 Å². The number of hydrogen-bond donors (Lipinski definition) is 1. The van der Waals surface area contributed by atoms with Crippen LogP contribution < -0.4 is 5.73 Å². The van der Waals surface area contributed by atoms with Crippen LogP contribution in [0, 0.1) is 0 Å². The van der Waals surface area contributed by atoms with Crippen LogP contribution in [0.4, 0.5) is 0 Å². The van der Waals surface area contributed by atoms with Crippen molar-refractivity contribution in [1.82, 2.24) is 0 Å². The van der Waals surface area contributed by atoms with Crippen molar-refractivity contribution in [3.05, 3.63) is 33.6 Å². The summed E-state index contributed by atoms with van der Waals surface area (Å²) in [6.07, 6.45) is 0. The highest BCUT2D eigenvalue weighted by Crippen LogP contribution is 2.31. The van der Waals surface area contributed by atoms with Gasteiger partial charge in [0, 0.05) is 15.2 Å². The highest BCUT2D eigenvalue weighted by atomic mass is 79.9. The van der Waals surface area contributed by atoms with Crippen molar-refractivity contribution < 1.29 is 0 Å². The van der Waals surface area contributed by atoms with Crippen molar-refractivity contribution in [3.8, 4) is 0 Å². The van der Waals surface area contributed by atoms with Crippen LogP contribution in [0.15, 0.2) is 28.1 Å². The average Bonchev–Trinajstić information content (AvgIpc) is 2.46. The van der Waals surface area contributed by atoms with Gasteiger partial charge in [-0.25, -0.2) is 0 Å². The lowest BCUT2D eigenvalue weighted by atomic mass is 10.1. The molecule has 13 heavy (non-hydrogen) atoms. The van der Waals surface area contributed by atoms with Gasteiger partial charge in [-0.15, -0.1) is 11.3 Å². The summed E-state index contributed by atoms with van der Waals surface area (Å²) in [4.78, 5) is 0. The topological polar surface area (TPSA) is 26.0 Å². The molecular weight excluding hydrogens is 246 g/mol. The largest absolute Gasteiger partial charge is 0.324 e. The molecule has 0 aliphatic rings. The van der Waals surface area contributed by atoms with E-state index in [1.165, 1.54) is 15.6 Å². The third-order valence-electron chi connectivity index (χ3n) is 2.06. The van der Waals surface area contributed by atoms with Crippen molar-refractivity contribution in [2.45, 2.75) is 13.0 Å². The van der Waals surface area contributed by atoms with Gasteiger partial charge in [0.1, 0.15) is 0 Å². The van der Waals surface area contributed by atoms with Crippen LogP contribution in [-0.4, -0.2) is 0 Å². The molecule has 1 aromatic heterocycles. The predicted octanol–water partition coefficient (Wildman–Crippen LogP) is 3.68. The number of benzene rings is 1. The Bertz CT molecular complexity index is 433. The Morgan fingerprint density at radius 1 is 1.46 bits per heavy atom. The van der Waals surface area contributed by atoms with Crippen LogP contribution in [0.25, 0.3) is 10.1 Å². The van der Waals surface area contributed by atoms with E-state index in [1.807, 2.05) is 6.92 Å². The Morgan fingerprint density at radius 2 is 2.23 bits per heavy atom. The summed E-state index contributed by atoms with van der Waals surface area (Å²) in [5, 5.41) is 3.42. The van der Waals surface area contributed by atoms with Gasteiger partial charge < -0.3 is 5.73 Å². The molecule has 68 valence electrons. The van der Waals surface area contributed by atoms with E-state index in [9.17, 15) is 0 Å². The molecule has 0 aliphatic heterocycles. The van der Waals surface area contributed by atoms with Gasteiger partial charge >= 0.3 is 0 Å². The molecule has 1 nitrogen and oxygen atoms in total. The van der Waals surface area contributed by atoms with Gasteiger partial charge in [0.05, 0.1) is 0 Å². The van der Waals surface area contributed by atoms with E-state index >= 15 is 0 Å². The van der Waals surface area contributed by atoms with Crippen LogP contribution in [0.1, 0.15) is 18.5 Å². The quantitative estimate of drug-likeness (QED) is 0.827. The van der Waals surface area contributed by atoms with Gasteiger partial charge in [-0.2, -0.15) is 0 Å². The molecule has 0 fully saturated rings. The Kier molecular flexibility index (Phi) is 2.41. The molecule has 0 saturated heterocycles. The van der Waals surface area contributed by atoms with Crippen molar-refractivity contribution in [2.75, 3.05) is 0 Å². The lowest BCUT2D eigenvalue weighted by molar-refractivity contribution is 0.830.